The highest BCUT2D eigenvalue weighted by Gasteiger charge is 2.12. The molecular weight excluding hydrogens is 248 g/mol. The number of nitrogens with zero attached hydrogens (tertiary/aromatic N) is 2. The minimum Gasteiger partial charge on any atom is -0.493 e. The first-order valence-corrected chi connectivity index (χ1v) is 6.56. The summed E-state index contributed by atoms with van der Waals surface area (Å²) in [6.07, 6.45) is 1.70. The average Bonchev–Trinajstić information content (AvgIpc) is 2.80. The Bertz CT molecular complexity index is 696. The molecule has 0 saturated heterocycles. The monoisotopic (exact) mass is 264 g/mol. The van der Waals surface area contributed by atoms with E-state index in [1.165, 1.54) is 0 Å². The molecule has 20 heavy (non-hydrogen) atoms. The van der Waals surface area contributed by atoms with E-state index in [-0.39, 0.29) is 5.88 Å². The summed E-state index contributed by atoms with van der Waals surface area (Å²) in [7, 11) is 0. The Kier molecular flexibility index (Phi) is 3.03. The zero-order valence-corrected chi connectivity index (χ0v) is 11.5. The number of rotatable bonds is 2. The largest absolute Gasteiger partial charge is 0.493 e. The fraction of sp³-hybridized carbons (Fsp3) is 0.118. The van der Waals surface area contributed by atoms with Gasteiger partial charge in [-0.1, -0.05) is 42.0 Å². The molecular formula is C17H16N2O. The molecule has 3 aromatic rings. The molecule has 100 valence electrons. The van der Waals surface area contributed by atoms with Crippen molar-refractivity contribution in [2.45, 2.75) is 13.8 Å². The van der Waals surface area contributed by atoms with Gasteiger partial charge in [0.2, 0.25) is 5.88 Å². The highest BCUT2D eigenvalue weighted by Crippen LogP contribution is 2.31. The van der Waals surface area contributed by atoms with E-state index in [1.807, 2.05) is 62.4 Å². The third-order valence-corrected chi connectivity index (χ3v) is 3.32. The molecule has 2 aromatic carbocycles. The lowest BCUT2D eigenvalue weighted by molar-refractivity contribution is 0.435. The van der Waals surface area contributed by atoms with E-state index in [0.717, 1.165) is 27.9 Å². The van der Waals surface area contributed by atoms with Gasteiger partial charge in [-0.15, -0.1) is 0 Å². The normalized spacial score (nSPS) is 10.7. The Morgan fingerprint density at radius 3 is 2.35 bits per heavy atom. The molecule has 3 nitrogen and oxygen atoms in total. The van der Waals surface area contributed by atoms with Gasteiger partial charge in [0.1, 0.15) is 0 Å². The summed E-state index contributed by atoms with van der Waals surface area (Å²) >= 11 is 0. The summed E-state index contributed by atoms with van der Waals surface area (Å²) in [5, 5.41) is 14.7. The second kappa shape index (κ2) is 4.85. The Morgan fingerprint density at radius 2 is 1.65 bits per heavy atom. The van der Waals surface area contributed by atoms with Crippen molar-refractivity contribution < 1.29 is 5.11 Å². The minimum absolute atomic E-state index is 0.168. The Morgan fingerprint density at radius 1 is 0.950 bits per heavy atom. The molecule has 0 aliphatic carbocycles. The van der Waals surface area contributed by atoms with Gasteiger partial charge in [-0.3, -0.25) is 0 Å². The van der Waals surface area contributed by atoms with Gasteiger partial charge in [-0.25, -0.2) is 4.68 Å². The number of aryl methyl sites for hydroxylation is 2. The maximum Gasteiger partial charge on any atom is 0.222 e. The quantitative estimate of drug-likeness (QED) is 0.763. The van der Waals surface area contributed by atoms with Crippen LogP contribution >= 0.6 is 0 Å². The molecule has 0 radical (unpaired) electrons. The molecule has 0 saturated carbocycles. The summed E-state index contributed by atoms with van der Waals surface area (Å²) in [6.45, 7) is 4.05. The van der Waals surface area contributed by atoms with E-state index in [2.05, 4.69) is 5.10 Å². The van der Waals surface area contributed by atoms with E-state index < -0.39 is 0 Å². The van der Waals surface area contributed by atoms with Crippen LogP contribution in [0.15, 0.2) is 54.7 Å². The lowest BCUT2D eigenvalue weighted by Crippen LogP contribution is -1.95. The maximum atomic E-state index is 10.4. The molecule has 1 aromatic heterocycles. The van der Waals surface area contributed by atoms with Crippen LogP contribution in [0.3, 0.4) is 0 Å². The minimum atomic E-state index is 0.168. The maximum absolute atomic E-state index is 10.4. The standard InChI is InChI=1S/C17H16N2O/c1-12-5-3-7-14(9-12)16-11-18-19(17(16)20)15-8-4-6-13(2)10-15/h3-11,20H,1-2H3. The first kappa shape index (κ1) is 12.5. The van der Waals surface area contributed by atoms with Gasteiger partial charge in [0.25, 0.3) is 0 Å². The topological polar surface area (TPSA) is 38.0 Å². The van der Waals surface area contributed by atoms with Gasteiger partial charge in [0, 0.05) is 0 Å². The smallest absolute Gasteiger partial charge is 0.222 e. The molecule has 0 atom stereocenters. The first-order chi connectivity index (χ1) is 9.65. The van der Waals surface area contributed by atoms with Crippen LogP contribution < -0.4 is 0 Å². The lowest BCUT2D eigenvalue weighted by atomic mass is 10.1. The molecule has 1 heterocycles. The third-order valence-electron chi connectivity index (χ3n) is 3.32. The van der Waals surface area contributed by atoms with Crippen molar-refractivity contribution in [3.8, 4) is 22.7 Å². The van der Waals surface area contributed by atoms with Crippen LogP contribution in [0.4, 0.5) is 0 Å². The van der Waals surface area contributed by atoms with Crippen LogP contribution in [0.5, 0.6) is 5.88 Å². The number of hydrogen-bond acceptors (Lipinski definition) is 2. The van der Waals surface area contributed by atoms with Crippen molar-refractivity contribution in [2.24, 2.45) is 0 Å². The zero-order chi connectivity index (χ0) is 14.1. The molecule has 1 N–H and O–H groups in total. The van der Waals surface area contributed by atoms with E-state index in [4.69, 9.17) is 0 Å². The number of aromatic nitrogens is 2. The van der Waals surface area contributed by atoms with Gasteiger partial charge in [-0.05, 0) is 37.1 Å². The molecule has 0 spiro atoms. The van der Waals surface area contributed by atoms with Crippen LogP contribution in [-0.2, 0) is 0 Å². The van der Waals surface area contributed by atoms with E-state index in [1.54, 1.807) is 10.9 Å². The van der Waals surface area contributed by atoms with Crippen LogP contribution in [0, 0.1) is 13.8 Å². The lowest BCUT2D eigenvalue weighted by Gasteiger charge is -2.05. The van der Waals surface area contributed by atoms with E-state index >= 15 is 0 Å². The third kappa shape index (κ3) is 2.18. The summed E-state index contributed by atoms with van der Waals surface area (Å²) in [4.78, 5) is 0. The van der Waals surface area contributed by atoms with Crippen LogP contribution in [0.2, 0.25) is 0 Å². The van der Waals surface area contributed by atoms with Crippen LogP contribution in [-0.4, -0.2) is 14.9 Å². The van der Waals surface area contributed by atoms with E-state index in [9.17, 15) is 5.11 Å². The van der Waals surface area contributed by atoms with Crippen molar-refractivity contribution in [3.05, 3.63) is 65.9 Å². The SMILES string of the molecule is Cc1cccc(-c2cnn(-c3cccc(C)c3)c2O)c1. The van der Waals surface area contributed by atoms with Crippen molar-refractivity contribution in [1.82, 2.24) is 9.78 Å². The zero-order valence-electron chi connectivity index (χ0n) is 11.5. The van der Waals surface area contributed by atoms with Crippen molar-refractivity contribution in [1.29, 1.82) is 0 Å². The second-order valence-electron chi connectivity index (χ2n) is 5.00. The first-order valence-electron chi connectivity index (χ1n) is 6.56. The fourth-order valence-electron chi connectivity index (χ4n) is 2.31. The number of hydrogen-bond donors (Lipinski definition) is 1. The second-order valence-corrected chi connectivity index (χ2v) is 5.00. The fourth-order valence-corrected chi connectivity index (χ4v) is 2.31. The van der Waals surface area contributed by atoms with Gasteiger partial charge in [-0.2, -0.15) is 5.10 Å². The molecule has 0 aliphatic rings. The summed E-state index contributed by atoms with van der Waals surface area (Å²) in [6, 6.07) is 15.9. The van der Waals surface area contributed by atoms with Gasteiger partial charge < -0.3 is 5.11 Å². The summed E-state index contributed by atoms with van der Waals surface area (Å²) in [5.74, 6) is 0.168. The van der Waals surface area contributed by atoms with Gasteiger partial charge >= 0.3 is 0 Å². The summed E-state index contributed by atoms with van der Waals surface area (Å²) < 4.78 is 1.56. The Balaban J connectivity index is 2.09. The van der Waals surface area contributed by atoms with Crippen LogP contribution in [0.25, 0.3) is 16.8 Å². The predicted molar refractivity (Wildman–Crippen MR) is 80.1 cm³/mol. The Hall–Kier alpha value is -2.55. The summed E-state index contributed by atoms with van der Waals surface area (Å²) in [5.41, 5.74) is 4.87. The molecule has 0 unspecified atom stereocenters. The molecule has 0 fully saturated rings. The highest BCUT2D eigenvalue weighted by atomic mass is 16.3. The molecule has 0 amide bonds. The number of aromatic hydroxyl groups is 1. The van der Waals surface area contributed by atoms with Gasteiger partial charge in [0.15, 0.2) is 0 Å². The average molecular weight is 264 g/mol. The molecule has 0 bridgehead atoms. The van der Waals surface area contributed by atoms with Crippen molar-refractivity contribution >= 4 is 0 Å². The Labute approximate surface area is 118 Å². The van der Waals surface area contributed by atoms with E-state index in [0.29, 0.717) is 0 Å². The van der Waals surface area contributed by atoms with Gasteiger partial charge in [0.05, 0.1) is 17.4 Å². The highest BCUT2D eigenvalue weighted by molar-refractivity contribution is 5.69. The van der Waals surface area contributed by atoms with Crippen molar-refractivity contribution in [2.75, 3.05) is 0 Å². The molecule has 3 heteroatoms. The molecule has 3 rings (SSSR count). The molecule has 0 aliphatic heterocycles. The van der Waals surface area contributed by atoms with Crippen LogP contribution in [0.1, 0.15) is 11.1 Å². The van der Waals surface area contributed by atoms with Crippen molar-refractivity contribution in [3.63, 3.8) is 0 Å². The predicted octanol–water partition coefficient (Wildman–Crippen LogP) is 3.86. The number of benzene rings is 2.